The first-order chi connectivity index (χ1) is 26.3. The van der Waals surface area contributed by atoms with Crippen LogP contribution in [0.5, 0.6) is 0 Å². The molecule has 0 aliphatic rings. The van der Waals surface area contributed by atoms with E-state index in [1.807, 2.05) is 0 Å². The van der Waals surface area contributed by atoms with Crippen molar-refractivity contribution >= 4 is 60.2 Å². The third-order valence-electron chi connectivity index (χ3n) is 10.7. The summed E-state index contributed by atoms with van der Waals surface area (Å²) in [5.74, 6) is 0. The summed E-state index contributed by atoms with van der Waals surface area (Å²) in [5, 5.41) is 10.2. The summed E-state index contributed by atoms with van der Waals surface area (Å²) in [6.07, 6.45) is 0. The van der Waals surface area contributed by atoms with Crippen LogP contribution in [0, 0.1) is 0 Å². The van der Waals surface area contributed by atoms with Gasteiger partial charge in [0, 0.05) is 17.1 Å². The van der Waals surface area contributed by atoms with Crippen molar-refractivity contribution in [3.63, 3.8) is 0 Å². The second-order valence-electron chi connectivity index (χ2n) is 13.7. The third-order valence-corrected chi connectivity index (χ3v) is 10.7. The largest absolute Gasteiger partial charge is 0.311 e. The summed E-state index contributed by atoms with van der Waals surface area (Å²) in [4.78, 5) is 2.34. The van der Waals surface area contributed by atoms with Crippen LogP contribution in [-0.4, -0.2) is 0 Å². The Balaban J connectivity index is 1.05. The summed E-state index contributed by atoms with van der Waals surface area (Å²) in [6.45, 7) is 0. The number of hydrogen-bond acceptors (Lipinski definition) is 1. The lowest BCUT2D eigenvalue weighted by Gasteiger charge is -2.26. The molecule has 0 spiro atoms. The van der Waals surface area contributed by atoms with Crippen molar-refractivity contribution in [3.05, 3.63) is 212 Å². The minimum Gasteiger partial charge on any atom is -0.311 e. The Morgan fingerprint density at radius 1 is 0.226 bits per heavy atom. The first-order valence-electron chi connectivity index (χ1n) is 18.3. The average molecular weight is 674 g/mol. The van der Waals surface area contributed by atoms with E-state index in [4.69, 9.17) is 0 Å². The van der Waals surface area contributed by atoms with Gasteiger partial charge in [-0.1, -0.05) is 170 Å². The molecule has 1 nitrogen and oxygen atoms in total. The Kier molecular flexibility index (Phi) is 7.55. The molecule has 10 aromatic rings. The Hall–Kier alpha value is -6.96. The number of rotatable bonds is 6. The van der Waals surface area contributed by atoms with Crippen molar-refractivity contribution in [2.24, 2.45) is 0 Å². The molecule has 0 aliphatic heterocycles. The maximum atomic E-state index is 2.39. The number of anilines is 3. The van der Waals surface area contributed by atoms with Crippen LogP contribution in [0.25, 0.3) is 76.5 Å². The SMILES string of the molecule is c1ccc(-c2ccc(-c3ccc(N(c4ccccc4)c4ccc(-c5cc6c7ccccc7ccc6c6ccccc56)cc4)cc3)c3ccccc23)cc1. The zero-order valence-electron chi connectivity index (χ0n) is 29.2. The average Bonchev–Trinajstić information content (AvgIpc) is 3.24. The van der Waals surface area contributed by atoms with Crippen LogP contribution in [0.15, 0.2) is 212 Å². The van der Waals surface area contributed by atoms with Crippen LogP contribution >= 0.6 is 0 Å². The molecule has 0 radical (unpaired) electrons. The van der Waals surface area contributed by atoms with E-state index in [9.17, 15) is 0 Å². The molecule has 248 valence electrons. The highest BCUT2D eigenvalue weighted by molar-refractivity contribution is 6.21. The number of para-hydroxylation sites is 1. The molecular formula is C52H35N. The summed E-state index contributed by atoms with van der Waals surface area (Å²) >= 11 is 0. The van der Waals surface area contributed by atoms with Gasteiger partial charge in [0.15, 0.2) is 0 Å². The summed E-state index contributed by atoms with van der Waals surface area (Å²) in [6, 6.07) is 77.1. The van der Waals surface area contributed by atoms with Gasteiger partial charge >= 0.3 is 0 Å². The number of benzene rings is 10. The molecule has 0 saturated heterocycles. The normalized spacial score (nSPS) is 11.4. The molecule has 0 aromatic heterocycles. The van der Waals surface area contributed by atoms with Crippen molar-refractivity contribution < 1.29 is 0 Å². The van der Waals surface area contributed by atoms with Crippen LogP contribution in [-0.2, 0) is 0 Å². The van der Waals surface area contributed by atoms with E-state index in [0.717, 1.165) is 17.1 Å². The molecule has 0 fully saturated rings. The Bertz CT molecular complexity index is 2910. The molecule has 1 heteroatoms. The molecule has 10 aromatic carbocycles. The molecule has 0 atom stereocenters. The van der Waals surface area contributed by atoms with Crippen LogP contribution in [0.4, 0.5) is 17.1 Å². The Labute approximate surface area is 309 Å². The van der Waals surface area contributed by atoms with Crippen molar-refractivity contribution in [1.82, 2.24) is 0 Å². The van der Waals surface area contributed by atoms with Crippen molar-refractivity contribution in [2.45, 2.75) is 0 Å². The summed E-state index contributed by atoms with van der Waals surface area (Å²) < 4.78 is 0. The highest BCUT2D eigenvalue weighted by Gasteiger charge is 2.16. The Morgan fingerprint density at radius 3 is 1.25 bits per heavy atom. The van der Waals surface area contributed by atoms with Gasteiger partial charge in [-0.2, -0.15) is 0 Å². The predicted molar refractivity (Wildman–Crippen MR) is 227 cm³/mol. The minimum atomic E-state index is 1.11. The maximum Gasteiger partial charge on any atom is 0.0462 e. The second kappa shape index (κ2) is 13.0. The van der Waals surface area contributed by atoms with E-state index in [1.165, 1.54) is 76.5 Å². The van der Waals surface area contributed by atoms with Crippen LogP contribution in [0.2, 0.25) is 0 Å². The third kappa shape index (κ3) is 5.42. The van der Waals surface area contributed by atoms with Gasteiger partial charge in [-0.05, 0) is 119 Å². The lowest BCUT2D eigenvalue weighted by molar-refractivity contribution is 1.28. The molecule has 53 heavy (non-hydrogen) atoms. The van der Waals surface area contributed by atoms with E-state index in [1.54, 1.807) is 0 Å². The molecule has 0 unspecified atom stereocenters. The fraction of sp³-hybridized carbons (Fsp3) is 0. The number of nitrogens with zero attached hydrogens (tertiary/aromatic N) is 1. The quantitative estimate of drug-likeness (QED) is 0.159. The first kappa shape index (κ1) is 30.8. The highest BCUT2D eigenvalue weighted by atomic mass is 15.1. The van der Waals surface area contributed by atoms with Crippen LogP contribution < -0.4 is 4.90 Å². The summed E-state index contributed by atoms with van der Waals surface area (Å²) in [5.41, 5.74) is 10.7. The van der Waals surface area contributed by atoms with Crippen molar-refractivity contribution in [3.8, 4) is 33.4 Å². The molecule has 0 heterocycles. The van der Waals surface area contributed by atoms with Crippen LogP contribution in [0.3, 0.4) is 0 Å². The molecule has 0 bridgehead atoms. The molecule has 0 aliphatic carbocycles. The lowest BCUT2D eigenvalue weighted by Crippen LogP contribution is -2.09. The first-order valence-corrected chi connectivity index (χ1v) is 18.3. The topological polar surface area (TPSA) is 3.24 Å². The second-order valence-corrected chi connectivity index (χ2v) is 13.7. The molecular weight excluding hydrogens is 639 g/mol. The molecule has 0 N–H and O–H groups in total. The minimum absolute atomic E-state index is 1.11. The van der Waals surface area contributed by atoms with E-state index < -0.39 is 0 Å². The highest BCUT2D eigenvalue weighted by Crippen LogP contribution is 2.41. The van der Waals surface area contributed by atoms with E-state index >= 15 is 0 Å². The molecule has 10 rings (SSSR count). The summed E-state index contributed by atoms with van der Waals surface area (Å²) in [7, 11) is 0. The maximum absolute atomic E-state index is 2.39. The fourth-order valence-electron chi connectivity index (χ4n) is 8.12. The monoisotopic (exact) mass is 673 g/mol. The Morgan fingerprint density at radius 2 is 0.642 bits per heavy atom. The van der Waals surface area contributed by atoms with Gasteiger partial charge in [0.1, 0.15) is 0 Å². The zero-order valence-corrected chi connectivity index (χ0v) is 29.2. The van der Waals surface area contributed by atoms with E-state index in [2.05, 4.69) is 217 Å². The van der Waals surface area contributed by atoms with Crippen LogP contribution in [0.1, 0.15) is 0 Å². The van der Waals surface area contributed by atoms with Gasteiger partial charge < -0.3 is 4.90 Å². The smallest absolute Gasteiger partial charge is 0.0462 e. The van der Waals surface area contributed by atoms with Gasteiger partial charge in [0.25, 0.3) is 0 Å². The van der Waals surface area contributed by atoms with Gasteiger partial charge in [0.2, 0.25) is 0 Å². The van der Waals surface area contributed by atoms with Gasteiger partial charge in [-0.25, -0.2) is 0 Å². The number of hydrogen-bond donors (Lipinski definition) is 0. The van der Waals surface area contributed by atoms with Gasteiger partial charge in [-0.3, -0.25) is 0 Å². The van der Waals surface area contributed by atoms with Crippen molar-refractivity contribution in [2.75, 3.05) is 4.90 Å². The van der Waals surface area contributed by atoms with E-state index in [0.29, 0.717) is 0 Å². The van der Waals surface area contributed by atoms with Gasteiger partial charge in [-0.15, -0.1) is 0 Å². The van der Waals surface area contributed by atoms with Crippen molar-refractivity contribution in [1.29, 1.82) is 0 Å². The van der Waals surface area contributed by atoms with E-state index in [-0.39, 0.29) is 0 Å². The lowest BCUT2D eigenvalue weighted by atomic mass is 9.91. The standard InChI is InChI=1S/C52H35N/c1-3-13-36(14-4-1)44-33-34-45(47-20-10-9-19-46(44)47)38-23-28-41(29-24-38)53(40-16-5-2-6-17-40)42-30-25-39(26-31-42)51-35-52-43-18-8-7-15-37(43)27-32-50(52)48-21-11-12-22-49(48)51/h1-35H. The zero-order chi connectivity index (χ0) is 35.1. The molecule has 0 saturated carbocycles. The van der Waals surface area contributed by atoms with Gasteiger partial charge in [0.05, 0.1) is 0 Å². The predicted octanol–water partition coefficient (Wildman–Crippen LogP) is 14.8. The fourth-order valence-corrected chi connectivity index (χ4v) is 8.12. The molecule has 0 amide bonds. The number of fused-ring (bicyclic) bond motifs is 6.